The molecule has 30 heavy (non-hydrogen) atoms. The van der Waals surface area contributed by atoms with Gasteiger partial charge in [0, 0.05) is 17.5 Å². The normalized spacial score (nSPS) is 10.8. The molecule has 7 heteroatoms. The number of likely N-dealkylation sites (N-methyl/N-ethyl adjacent to an activating group) is 1. The van der Waals surface area contributed by atoms with Gasteiger partial charge in [0.25, 0.3) is 5.91 Å². The highest BCUT2D eigenvalue weighted by Crippen LogP contribution is 2.27. The maximum absolute atomic E-state index is 12.7. The van der Waals surface area contributed by atoms with Gasteiger partial charge < -0.3 is 19.7 Å². The first-order valence-electron chi connectivity index (χ1n) is 10.00. The van der Waals surface area contributed by atoms with E-state index in [1.54, 1.807) is 12.5 Å². The lowest BCUT2D eigenvalue weighted by atomic mass is 10.2. The molecule has 0 fully saturated rings. The van der Waals surface area contributed by atoms with Gasteiger partial charge in [0.1, 0.15) is 28.8 Å². The highest BCUT2D eigenvalue weighted by atomic mass is 32.1. The molecule has 6 nitrogen and oxygen atoms in total. The first kappa shape index (κ1) is 21.8. The molecule has 158 valence electrons. The zero-order valence-electron chi connectivity index (χ0n) is 17.6. The van der Waals surface area contributed by atoms with E-state index in [0.29, 0.717) is 23.7 Å². The van der Waals surface area contributed by atoms with E-state index in [0.717, 1.165) is 36.0 Å². The molecule has 0 bridgehead atoms. The number of amides is 1. The van der Waals surface area contributed by atoms with Crippen molar-refractivity contribution in [3.63, 3.8) is 0 Å². The van der Waals surface area contributed by atoms with Gasteiger partial charge in [-0.2, -0.15) is 0 Å². The Morgan fingerprint density at radius 3 is 2.53 bits per heavy atom. The van der Waals surface area contributed by atoms with Crippen LogP contribution in [0.25, 0.3) is 10.6 Å². The van der Waals surface area contributed by atoms with Crippen LogP contribution in [-0.4, -0.2) is 49.1 Å². The van der Waals surface area contributed by atoms with Crippen LogP contribution in [0.4, 0.5) is 5.69 Å². The minimum atomic E-state index is -0.259. The van der Waals surface area contributed by atoms with Crippen LogP contribution in [0.3, 0.4) is 0 Å². The molecule has 0 aliphatic rings. The summed E-state index contributed by atoms with van der Waals surface area (Å²) in [6.45, 7) is 7.63. The van der Waals surface area contributed by atoms with Gasteiger partial charge in [-0.3, -0.25) is 4.79 Å². The summed E-state index contributed by atoms with van der Waals surface area (Å²) >= 11 is 1.43. The molecule has 1 aromatic heterocycles. The Balaban J connectivity index is 1.65. The number of para-hydroxylation sites is 2. The monoisotopic (exact) mass is 425 g/mol. The second kappa shape index (κ2) is 10.8. The zero-order valence-corrected chi connectivity index (χ0v) is 18.4. The van der Waals surface area contributed by atoms with E-state index in [1.807, 2.05) is 48.5 Å². The summed E-state index contributed by atoms with van der Waals surface area (Å²) in [5, 5.41) is 5.47. The van der Waals surface area contributed by atoms with Crippen LogP contribution in [0.2, 0.25) is 0 Å². The quantitative estimate of drug-likeness (QED) is 0.506. The van der Waals surface area contributed by atoms with E-state index in [4.69, 9.17) is 9.47 Å². The Morgan fingerprint density at radius 2 is 1.83 bits per heavy atom. The fourth-order valence-corrected chi connectivity index (χ4v) is 3.76. The summed E-state index contributed by atoms with van der Waals surface area (Å²) in [6.07, 6.45) is 0. The highest BCUT2D eigenvalue weighted by Gasteiger charge is 2.14. The number of thiazole rings is 1. The van der Waals surface area contributed by atoms with Crippen molar-refractivity contribution in [3.8, 4) is 22.1 Å². The van der Waals surface area contributed by atoms with Crippen molar-refractivity contribution >= 4 is 22.9 Å². The second-order valence-electron chi connectivity index (χ2n) is 6.59. The minimum Gasteiger partial charge on any atom is -0.497 e. The number of nitrogens with one attached hydrogen (secondary N) is 1. The standard InChI is InChI=1S/C23H27N3O3S/c1-4-26(5-2)14-15-29-21-9-7-6-8-19(21)24-22(27)20-16-30-23(25-20)17-10-12-18(28-3)13-11-17/h6-13,16H,4-5,14-15H2,1-3H3,(H,24,27). The molecule has 1 heterocycles. The number of benzene rings is 2. The van der Waals surface area contributed by atoms with Crippen LogP contribution in [0.5, 0.6) is 11.5 Å². The van der Waals surface area contributed by atoms with E-state index in [9.17, 15) is 4.79 Å². The predicted octanol–water partition coefficient (Wildman–Crippen LogP) is 4.79. The smallest absolute Gasteiger partial charge is 0.275 e. The fraction of sp³-hybridized carbons (Fsp3) is 0.304. The average molecular weight is 426 g/mol. The third-order valence-corrected chi connectivity index (χ3v) is 5.66. The van der Waals surface area contributed by atoms with Crippen molar-refractivity contribution in [3.05, 3.63) is 59.6 Å². The molecule has 1 N–H and O–H groups in total. The number of carbonyl (C=O) groups is 1. The number of methoxy groups -OCH3 is 1. The van der Waals surface area contributed by atoms with Crippen LogP contribution in [0, 0.1) is 0 Å². The summed E-state index contributed by atoms with van der Waals surface area (Å²) in [4.78, 5) is 19.5. The Kier molecular flexibility index (Phi) is 7.82. The summed E-state index contributed by atoms with van der Waals surface area (Å²) in [6, 6.07) is 15.1. The van der Waals surface area contributed by atoms with E-state index in [-0.39, 0.29) is 5.91 Å². The number of nitrogens with zero attached hydrogens (tertiary/aromatic N) is 2. The Hall–Kier alpha value is -2.90. The van der Waals surface area contributed by atoms with Gasteiger partial charge in [0.2, 0.25) is 0 Å². The summed E-state index contributed by atoms with van der Waals surface area (Å²) in [5.74, 6) is 1.18. The van der Waals surface area contributed by atoms with Crippen molar-refractivity contribution in [1.29, 1.82) is 0 Å². The van der Waals surface area contributed by atoms with Crippen molar-refractivity contribution in [2.45, 2.75) is 13.8 Å². The molecule has 0 unspecified atom stereocenters. The average Bonchev–Trinajstić information content (AvgIpc) is 3.28. The Bertz CT molecular complexity index is 952. The predicted molar refractivity (Wildman–Crippen MR) is 122 cm³/mol. The number of rotatable bonds is 10. The molecular formula is C23H27N3O3S. The lowest BCUT2D eigenvalue weighted by Gasteiger charge is -2.19. The Labute approximate surface area is 181 Å². The van der Waals surface area contributed by atoms with Gasteiger partial charge in [-0.1, -0.05) is 26.0 Å². The third-order valence-electron chi connectivity index (χ3n) is 4.77. The minimum absolute atomic E-state index is 0.259. The van der Waals surface area contributed by atoms with Gasteiger partial charge >= 0.3 is 0 Å². The van der Waals surface area contributed by atoms with Crippen molar-refractivity contribution in [2.24, 2.45) is 0 Å². The van der Waals surface area contributed by atoms with E-state index < -0.39 is 0 Å². The Morgan fingerprint density at radius 1 is 1.10 bits per heavy atom. The topological polar surface area (TPSA) is 63.7 Å². The SMILES string of the molecule is CCN(CC)CCOc1ccccc1NC(=O)c1csc(-c2ccc(OC)cc2)n1. The molecule has 0 aliphatic heterocycles. The maximum atomic E-state index is 12.7. The van der Waals surface area contributed by atoms with Gasteiger partial charge in [0.15, 0.2) is 0 Å². The molecule has 0 aliphatic carbocycles. The maximum Gasteiger partial charge on any atom is 0.275 e. The fourth-order valence-electron chi connectivity index (χ4n) is 2.95. The number of ether oxygens (including phenoxy) is 2. The highest BCUT2D eigenvalue weighted by molar-refractivity contribution is 7.13. The van der Waals surface area contributed by atoms with Crippen LogP contribution < -0.4 is 14.8 Å². The van der Waals surface area contributed by atoms with Crippen molar-refractivity contribution in [1.82, 2.24) is 9.88 Å². The van der Waals surface area contributed by atoms with E-state index in [2.05, 4.69) is 29.0 Å². The molecule has 0 atom stereocenters. The third kappa shape index (κ3) is 5.58. The molecule has 1 amide bonds. The van der Waals surface area contributed by atoms with Gasteiger partial charge in [-0.05, 0) is 49.5 Å². The largest absolute Gasteiger partial charge is 0.497 e. The molecule has 2 aromatic carbocycles. The molecule has 0 saturated heterocycles. The van der Waals surface area contributed by atoms with Crippen molar-refractivity contribution in [2.75, 3.05) is 38.7 Å². The van der Waals surface area contributed by atoms with Crippen LogP contribution in [0.15, 0.2) is 53.9 Å². The molecular weight excluding hydrogens is 398 g/mol. The van der Waals surface area contributed by atoms with Gasteiger partial charge in [0.05, 0.1) is 12.8 Å². The molecule has 3 aromatic rings. The lowest BCUT2D eigenvalue weighted by molar-refractivity contribution is 0.102. The summed E-state index contributed by atoms with van der Waals surface area (Å²) in [5.41, 5.74) is 1.96. The second-order valence-corrected chi connectivity index (χ2v) is 7.45. The van der Waals surface area contributed by atoms with E-state index in [1.165, 1.54) is 11.3 Å². The molecule has 0 saturated carbocycles. The number of hydrogen-bond donors (Lipinski definition) is 1. The molecule has 3 rings (SSSR count). The van der Waals surface area contributed by atoms with Crippen LogP contribution in [-0.2, 0) is 0 Å². The molecule has 0 spiro atoms. The number of aromatic nitrogens is 1. The lowest BCUT2D eigenvalue weighted by Crippen LogP contribution is -2.28. The van der Waals surface area contributed by atoms with Gasteiger partial charge in [-0.15, -0.1) is 11.3 Å². The summed E-state index contributed by atoms with van der Waals surface area (Å²) in [7, 11) is 1.63. The van der Waals surface area contributed by atoms with E-state index >= 15 is 0 Å². The van der Waals surface area contributed by atoms with Crippen molar-refractivity contribution < 1.29 is 14.3 Å². The number of carbonyl (C=O) groups excluding carboxylic acids is 1. The first-order valence-corrected chi connectivity index (χ1v) is 10.9. The number of anilines is 1. The zero-order chi connectivity index (χ0) is 21.3. The van der Waals surface area contributed by atoms with Gasteiger partial charge in [-0.25, -0.2) is 4.98 Å². The van der Waals surface area contributed by atoms with Crippen LogP contribution in [0.1, 0.15) is 24.3 Å². The summed E-state index contributed by atoms with van der Waals surface area (Å²) < 4.78 is 11.1. The number of hydrogen-bond acceptors (Lipinski definition) is 6. The van der Waals surface area contributed by atoms with Crippen LogP contribution >= 0.6 is 11.3 Å². The molecule has 0 radical (unpaired) electrons. The first-order chi connectivity index (χ1) is 14.6.